The minimum absolute atomic E-state index is 0.535. The van der Waals surface area contributed by atoms with Crippen molar-refractivity contribution >= 4 is 22.6 Å². The smallest absolute Gasteiger partial charge is 0.0346 e. The van der Waals surface area contributed by atoms with Crippen LogP contribution in [-0.4, -0.2) is 7.05 Å². The van der Waals surface area contributed by atoms with Crippen molar-refractivity contribution in [1.82, 2.24) is 5.32 Å². The molecule has 2 heteroatoms. The highest BCUT2D eigenvalue weighted by atomic mass is 127. The van der Waals surface area contributed by atoms with E-state index in [2.05, 4.69) is 66.1 Å². The van der Waals surface area contributed by atoms with Gasteiger partial charge in [0, 0.05) is 9.61 Å². The van der Waals surface area contributed by atoms with Crippen molar-refractivity contribution in [3.05, 3.63) is 33.4 Å². The molecule has 3 unspecified atom stereocenters. The summed E-state index contributed by atoms with van der Waals surface area (Å²) < 4.78 is 1.34. The minimum atomic E-state index is 0.535. The molecule has 1 aliphatic rings. The number of hydrogen-bond donors (Lipinski definition) is 1. The van der Waals surface area contributed by atoms with E-state index in [4.69, 9.17) is 0 Å². The molecular weight excluding hydrogens is 321 g/mol. The van der Waals surface area contributed by atoms with Gasteiger partial charge in [-0.1, -0.05) is 31.9 Å². The zero-order valence-corrected chi connectivity index (χ0v) is 12.9. The molecule has 0 heterocycles. The molecule has 2 rings (SSSR count). The molecule has 1 aliphatic carbocycles. The van der Waals surface area contributed by atoms with Crippen molar-refractivity contribution in [1.29, 1.82) is 0 Å². The second kappa shape index (κ2) is 6.19. The summed E-state index contributed by atoms with van der Waals surface area (Å²) in [5.74, 6) is 1.70. The fraction of sp³-hybridized carbons (Fsp3) is 0.600. The van der Waals surface area contributed by atoms with Crippen molar-refractivity contribution in [2.24, 2.45) is 11.8 Å². The molecule has 94 valence electrons. The first-order valence-corrected chi connectivity index (χ1v) is 7.71. The first-order valence-electron chi connectivity index (χ1n) is 6.63. The summed E-state index contributed by atoms with van der Waals surface area (Å²) in [4.78, 5) is 0. The van der Waals surface area contributed by atoms with Gasteiger partial charge in [0.05, 0.1) is 0 Å². The van der Waals surface area contributed by atoms with Crippen LogP contribution < -0.4 is 5.32 Å². The molecule has 1 fully saturated rings. The van der Waals surface area contributed by atoms with Crippen molar-refractivity contribution < 1.29 is 0 Å². The maximum Gasteiger partial charge on any atom is 0.0346 e. The van der Waals surface area contributed by atoms with Gasteiger partial charge in [0.25, 0.3) is 0 Å². The highest BCUT2D eigenvalue weighted by Gasteiger charge is 2.26. The number of rotatable bonds is 3. The second-order valence-corrected chi connectivity index (χ2v) is 6.60. The molecule has 0 amide bonds. The van der Waals surface area contributed by atoms with Crippen LogP contribution in [0.15, 0.2) is 24.3 Å². The fourth-order valence-corrected chi connectivity index (χ4v) is 3.73. The van der Waals surface area contributed by atoms with Gasteiger partial charge in [0.1, 0.15) is 0 Å². The summed E-state index contributed by atoms with van der Waals surface area (Å²) in [7, 11) is 2.10. The van der Waals surface area contributed by atoms with Crippen molar-refractivity contribution in [2.75, 3.05) is 7.05 Å². The Morgan fingerprint density at radius 3 is 2.82 bits per heavy atom. The van der Waals surface area contributed by atoms with E-state index in [0.29, 0.717) is 6.04 Å². The predicted octanol–water partition coefficient (Wildman–Crippen LogP) is 4.38. The van der Waals surface area contributed by atoms with E-state index in [-0.39, 0.29) is 0 Å². The molecule has 0 bridgehead atoms. The maximum atomic E-state index is 3.53. The lowest BCUT2D eigenvalue weighted by Gasteiger charge is -2.33. The van der Waals surface area contributed by atoms with Crippen LogP contribution >= 0.6 is 22.6 Å². The quantitative estimate of drug-likeness (QED) is 0.804. The van der Waals surface area contributed by atoms with E-state index in [9.17, 15) is 0 Å². The molecule has 1 aromatic rings. The largest absolute Gasteiger partial charge is 0.313 e. The van der Waals surface area contributed by atoms with Gasteiger partial charge < -0.3 is 5.32 Å². The van der Waals surface area contributed by atoms with Gasteiger partial charge in [-0.2, -0.15) is 0 Å². The van der Waals surface area contributed by atoms with Crippen LogP contribution in [0.4, 0.5) is 0 Å². The third-order valence-electron chi connectivity index (χ3n) is 3.97. The van der Waals surface area contributed by atoms with Crippen LogP contribution in [0.3, 0.4) is 0 Å². The minimum Gasteiger partial charge on any atom is -0.313 e. The maximum absolute atomic E-state index is 3.53. The van der Waals surface area contributed by atoms with E-state index >= 15 is 0 Å². The molecule has 1 nitrogen and oxygen atoms in total. The van der Waals surface area contributed by atoms with Crippen molar-refractivity contribution in [2.45, 2.75) is 38.6 Å². The normalized spacial score (nSPS) is 26.8. The van der Waals surface area contributed by atoms with Crippen LogP contribution in [-0.2, 0) is 0 Å². The molecule has 1 N–H and O–H groups in total. The number of halogens is 1. The van der Waals surface area contributed by atoms with Crippen molar-refractivity contribution in [3.8, 4) is 0 Å². The average Bonchev–Trinajstić information content (AvgIpc) is 2.30. The molecular formula is C15H22IN. The van der Waals surface area contributed by atoms with Gasteiger partial charge in [-0.15, -0.1) is 0 Å². The molecule has 0 aromatic heterocycles. The van der Waals surface area contributed by atoms with E-state index in [0.717, 1.165) is 11.8 Å². The lowest BCUT2D eigenvalue weighted by Crippen LogP contribution is -2.29. The number of hydrogen-bond acceptors (Lipinski definition) is 1. The SMILES string of the molecule is CNC(c1cccc(I)c1)C1CCCC(C)C1. The van der Waals surface area contributed by atoms with Crippen LogP contribution in [0.25, 0.3) is 0 Å². The Bertz CT molecular complexity index is 364. The highest BCUT2D eigenvalue weighted by molar-refractivity contribution is 14.1. The van der Waals surface area contributed by atoms with Gasteiger partial charge in [-0.05, 0) is 72.0 Å². The fourth-order valence-electron chi connectivity index (χ4n) is 3.16. The van der Waals surface area contributed by atoms with Crippen LogP contribution in [0, 0.1) is 15.4 Å². The third kappa shape index (κ3) is 3.44. The second-order valence-electron chi connectivity index (χ2n) is 5.35. The Labute approximate surface area is 119 Å². The van der Waals surface area contributed by atoms with E-state index in [1.165, 1.54) is 34.8 Å². The van der Waals surface area contributed by atoms with E-state index in [1.807, 2.05) is 0 Å². The van der Waals surface area contributed by atoms with Gasteiger partial charge in [0.2, 0.25) is 0 Å². The van der Waals surface area contributed by atoms with Crippen LogP contribution in [0.2, 0.25) is 0 Å². The molecule has 3 atom stereocenters. The zero-order valence-electron chi connectivity index (χ0n) is 10.7. The Morgan fingerprint density at radius 2 is 2.18 bits per heavy atom. The Hall–Kier alpha value is -0.0900. The summed E-state index contributed by atoms with van der Waals surface area (Å²) in [6, 6.07) is 9.46. The molecule has 0 spiro atoms. The third-order valence-corrected chi connectivity index (χ3v) is 4.64. The zero-order chi connectivity index (χ0) is 12.3. The summed E-state index contributed by atoms with van der Waals surface area (Å²) in [5, 5.41) is 3.53. The highest BCUT2D eigenvalue weighted by Crippen LogP contribution is 2.37. The van der Waals surface area contributed by atoms with Crippen LogP contribution in [0.5, 0.6) is 0 Å². The molecule has 0 saturated heterocycles. The van der Waals surface area contributed by atoms with Crippen LogP contribution in [0.1, 0.15) is 44.2 Å². The van der Waals surface area contributed by atoms with Gasteiger partial charge in [-0.25, -0.2) is 0 Å². The van der Waals surface area contributed by atoms with E-state index < -0.39 is 0 Å². The average molecular weight is 343 g/mol. The lowest BCUT2D eigenvalue weighted by molar-refractivity contribution is 0.230. The first-order chi connectivity index (χ1) is 8.20. The molecule has 0 aliphatic heterocycles. The van der Waals surface area contributed by atoms with Gasteiger partial charge >= 0.3 is 0 Å². The van der Waals surface area contributed by atoms with Gasteiger partial charge in [-0.3, -0.25) is 0 Å². The molecule has 0 radical (unpaired) electrons. The number of nitrogens with one attached hydrogen (secondary N) is 1. The molecule has 1 saturated carbocycles. The lowest BCUT2D eigenvalue weighted by atomic mass is 9.77. The summed E-state index contributed by atoms with van der Waals surface area (Å²) in [5.41, 5.74) is 1.46. The van der Waals surface area contributed by atoms with Crippen molar-refractivity contribution in [3.63, 3.8) is 0 Å². The standard InChI is InChI=1S/C15H22IN/c1-11-5-3-6-12(9-11)15(17-2)13-7-4-8-14(16)10-13/h4,7-8,10-12,15,17H,3,5-6,9H2,1-2H3. The summed E-state index contributed by atoms with van der Waals surface area (Å²) >= 11 is 2.40. The predicted molar refractivity (Wildman–Crippen MR) is 82.1 cm³/mol. The monoisotopic (exact) mass is 343 g/mol. The first kappa shape index (κ1) is 13.3. The Balaban J connectivity index is 2.15. The molecule has 17 heavy (non-hydrogen) atoms. The molecule has 1 aromatic carbocycles. The number of benzene rings is 1. The topological polar surface area (TPSA) is 12.0 Å². The Morgan fingerprint density at radius 1 is 1.35 bits per heavy atom. The Kier molecular flexibility index (Phi) is 4.86. The van der Waals surface area contributed by atoms with E-state index in [1.54, 1.807) is 0 Å². The summed E-state index contributed by atoms with van der Waals surface area (Å²) in [6.07, 6.45) is 5.56. The van der Waals surface area contributed by atoms with Gasteiger partial charge in [0.15, 0.2) is 0 Å². The summed E-state index contributed by atoms with van der Waals surface area (Å²) in [6.45, 7) is 2.40.